The van der Waals surface area contributed by atoms with Crippen LogP contribution >= 0.6 is 0 Å². The van der Waals surface area contributed by atoms with Gasteiger partial charge >= 0.3 is 49.7 Å². The first-order valence-electron chi connectivity index (χ1n) is 4.59. The van der Waals surface area contributed by atoms with Gasteiger partial charge in [0, 0.05) is 0 Å². The van der Waals surface area contributed by atoms with Crippen molar-refractivity contribution in [3.05, 3.63) is 47.5 Å². The predicted octanol–water partition coefficient (Wildman–Crippen LogP) is 1.32. The standard InChI is InChI=1S/C12H8O4.Ca.2H/c13-11(14)9-6-5-7-3-1-2-4-8(7)10(9)12(15)16;;;/h1-6H,(H,13,14)(H,15,16);;;. The van der Waals surface area contributed by atoms with Crippen molar-refractivity contribution in [1.29, 1.82) is 0 Å². The second-order valence-corrected chi connectivity index (χ2v) is 3.32. The zero-order chi connectivity index (χ0) is 11.7. The molecule has 0 spiro atoms. The fourth-order valence-electron chi connectivity index (χ4n) is 1.68. The third-order valence-corrected chi connectivity index (χ3v) is 2.37. The summed E-state index contributed by atoms with van der Waals surface area (Å²) < 4.78 is 0. The summed E-state index contributed by atoms with van der Waals surface area (Å²) in [5.41, 5.74) is -0.350. The first-order chi connectivity index (χ1) is 7.61. The second kappa shape index (κ2) is 5.49. The summed E-state index contributed by atoms with van der Waals surface area (Å²) in [6.07, 6.45) is 0. The number of carbonyl (C=O) groups is 2. The Balaban J connectivity index is 0.00000144. The van der Waals surface area contributed by atoms with Gasteiger partial charge in [-0.1, -0.05) is 30.3 Å². The number of rotatable bonds is 2. The molecule has 0 amide bonds. The fourth-order valence-corrected chi connectivity index (χ4v) is 1.68. The molecule has 0 saturated heterocycles. The van der Waals surface area contributed by atoms with Crippen LogP contribution in [0.15, 0.2) is 36.4 Å². The van der Waals surface area contributed by atoms with Crippen molar-refractivity contribution < 1.29 is 19.8 Å². The first-order valence-corrected chi connectivity index (χ1v) is 4.59. The summed E-state index contributed by atoms with van der Waals surface area (Å²) in [5.74, 6) is -2.46. The zero-order valence-electron chi connectivity index (χ0n) is 8.18. The van der Waals surface area contributed by atoms with E-state index in [2.05, 4.69) is 0 Å². The SMILES string of the molecule is O=C(O)c1ccc2ccccc2c1C(=O)O.[CaH2]. The molecule has 0 aliphatic heterocycles. The van der Waals surface area contributed by atoms with Crippen LogP contribution in [0.4, 0.5) is 0 Å². The van der Waals surface area contributed by atoms with Crippen molar-refractivity contribution in [2.45, 2.75) is 0 Å². The topological polar surface area (TPSA) is 74.6 Å². The van der Waals surface area contributed by atoms with E-state index in [1.54, 1.807) is 30.3 Å². The summed E-state index contributed by atoms with van der Waals surface area (Å²) in [7, 11) is 0. The minimum atomic E-state index is -1.23. The van der Waals surface area contributed by atoms with Gasteiger partial charge in [-0.05, 0) is 16.8 Å². The van der Waals surface area contributed by atoms with Gasteiger partial charge in [0.25, 0.3) is 0 Å². The third kappa shape index (κ3) is 2.60. The summed E-state index contributed by atoms with van der Waals surface area (Å²) in [5, 5.41) is 19.1. The molecule has 4 nitrogen and oxygen atoms in total. The molecule has 84 valence electrons. The summed E-state index contributed by atoms with van der Waals surface area (Å²) in [4.78, 5) is 22.0. The molecule has 0 unspecified atom stereocenters. The summed E-state index contributed by atoms with van der Waals surface area (Å²) >= 11 is 0. The average molecular weight is 258 g/mol. The molecule has 0 fully saturated rings. The number of hydrogen-bond donors (Lipinski definition) is 2. The Labute approximate surface area is 127 Å². The van der Waals surface area contributed by atoms with Crippen LogP contribution in [-0.2, 0) is 0 Å². The Morgan fingerprint density at radius 3 is 2.12 bits per heavy atom. The van der Waals surface area contributed by atoms with E-state index in [1.807, 2.05) is 0 Å². The molecule has 0 atom stereocenters. The molecule has 0 saturated carbocycles. The van der Waals surface area contributed by atoms with E-state index in [1.165, 1.54) is 6.07 Å². The van der Waals surface area contributed by atoms with Gasteiger partial charge in [0.1, 0.15) is 0 Å². The van der Waals surface area contributed by atoms with E-state index >= 15 is 0 Å². The quantitative estimate of drug-likeness (QED) is 0.797. The molecular weight excluding hydrogens is 248 g/mol. The van der Waals surface area contributed by atoms with Crippen molar-refractivity contribution in [2.75, 3.05) is 0 Å². The van der Waals surface area contributed by atoms with E-state index in [9.17, 15) is 9.59 Å². The van der Waals surface area contributed by atoms with Crippen LogP contribution in [0.1, 0.15) is 20.7 Å². The fraction of sp³-hybridized carbons (Fsp3) is 0. The predicted molar refractivity (Wildman–Crippen MR) is 66.4 cm³/mol. The van der Waals surface area contributed by atoms with Crippen molar-refractivity contribution in [1.82, 2.24) is 0 Å². The van der Waals surface area contributed by atoms with Crippen LogP contribution in [-0.4, -0.2) is 59.9 Å². The van der Waals surface area contributed by atoms with Gasteiger partial charge in [-0.25, -0.2) is 9.59 Å². The number of aromatic carboxylic acids is 2. The van der Waals surface area contributed by atoms with Crippen LogP contribution in [0, 0.1) is 0 Å². The first kappa shape index (κ1) is 14.0. The van der Waals surface area contributed by atoms with E-state index in [0.29, 0.717) is 10.8 Å². The number of carboxylic acids is 2. The molecule has 0 heterocycles. The second-order valence-electron chi connectivity index (χ2n) is 3.32. The van der Waals surface area contributed by atoms with E-state index < -0.39 is 11.9 Å². The summed E-state index contributed by atoms with van der Waals surface area (Å²) in [6, 6.07) is 9.72. The molecule has 0 aromatic heterocycles. The maximum absolute atomic E-state index is 11.1. The zero-order valence-corrected chi connectivity index (χ0v) is 8.18. The molecule has 0 aliphatic carbocycles. The molecule has 2 rings (SSSR count). The Hall–Kier alpha value is -1.10. The van der Waals surface area contributed by atoms with Crippen LogP contribution in [0.3, 0.4) is 0 Å². The van der Waals surface area contributed by atoms with Gasteiger partial charge in [0.2, 0.25) is 0 Å². The summed E-state index contributed by atoms with van der Waals surface area (Å²) in [6.45, 7) is 0. The van der Waals surface area contributed by atoms with Crippen LogP contribution in [0.25, 0.3) is 10.8 Å². The van der Waals surface area contributed by atoms with Gasteiger partial charge in [-0.15, -0.1) is 0 Å². The molecule has 2 aromatic carbocycles. The number of benzene rings is 2. The monoisotopic (exact) mass is 258 g/mol. The third-order valence-electron chi connectivity index (χ3n) is 2.37. The van der Waals surface area contributed by atoms with E-state index in [4.69, 9.17) is 10.2 Å². The number of carboxylic acid groups (broad SMARTS) is 2. The van der Waals surface area contributed by atoms with Gasteiger partial charge < -0.3 is 10.2 Å². The van der Waals surface area contributed by atoms with Crippen molar-refractivity contribution in [3.8, 4) is 0 Å². The molecule has 2 N–H and O–H groups in total. The van der Waals surface area contributed by atoms with Gasteiger partial charge in [-0.2, -0.15) is 0 Å². The molecule has 5 heteroatoms. The molecule has 2 aromatic rings. The molecule has 0 aliphatic rings. The van der Waals surface area contributed by atoms with E-state index in [0.717, 1.165) is 0 Å². The molecule has 0 radical (unpaired) electrons. The molecular formula is C12H10CaO4. The van der Waals surface area contributed by atoms with Crippen molar-refractivity contribution >= 4 is 60.4 Å². The van der Waals surface area contributed by atoms with Gasteiger partial charge in [0.05, 0.1) is 11.1 Å². The number of fused-ring (bicyclic) bond motifs is 1. The van der Waals surface area contributed by atoms with Gasteiger partial charge in [0.15, 0.2) is 0 Å². The van der Waals surface area contributed by atoms with Crippen LogP contribution < -0.4 is 0 Å². The normalized spacial score (nSPS) is 9.65. The van der Waals surface area contributed by atoms with Gasteiger partial charge in [-0.3, -0.25) is 0 Å². The average Bonchev–Trinajstić information content (AvgIpc) is 2.27. The Morgan fingerprint density at radius 1 is 0.882 bits per heavy atom. The van der Waals surface area contributed by atoms with Crippen molar-refractivity contribution in [2.24, 2.45) is 0 Å². The van der Waals surface area contributed by atoms with Crippen molar-refractivity contribution in [3.63, 3.8) is 0 Å². The molecule has 0 bridgehead atoms. The maximum atomic E-state index is 11.1. The van der Waals surface area contributed by atoms with Crippen LogP contribution in [0.5, 0.6) is 0 Å². The molecule has 17 heavy (non-hydrogen) atoms. The Morgan fingerprint density at radius 2 is 1.53 bits per heavy atom. The Bertz CT molecular complexity index is 592. The Kier molecular flexibility index (Phi) is 4.51. The van der Waals surface area contributed by atoms with E-state index in [-0.39, 0.29) is 48.9 Å². The number of hydrogen-bond acceptors (Lipinski definition) is 2. The minimum absolute atomic E-state index is 0. The van der Waals surface area contributed by atoms with Crippen LogP contribution in [0.2, 0.25) is 0 Å².